The zero-order valence-electron chi connectivity index (χ0n) is 22.1. The molecule has 9 nitrogen and oxygen atoms in total. The molecule has 10 heteroatoms. The number of amidine groups is 1. The number of carbonyl (C=O) groups is 2. The molecule has 0 aromatic heterocycles. The van der Waals surface area contributed by atoms with Gasteiger partial charge in [-0.2, -0.15) is 0 Å². The molecule has 1 unspecified atom stereocenters. The Balaban J connectivity index is 1.58. The summed E-state index contributed by atoms with van der Waals surface area (Å²) in [5.41, 5.74) is 7.26. The first-order valence-electron chi connectivity index (χ1n) is 12.4. The van der Waals surface area contributed by atoms with Crippen LogP contribution in [0.5, 0.6) is 11.5 Å². The van der Waals surface area contributed by atoms with E-state index in [1.165, 1.54) is 17.0 Å². The Labute approximate surface area is 226 Å². The van der Waals surface area contributed by atoms with E-state index < -0.39 is 23.3 Å². The highest BCUT2D eigenvalue weighted by atomic mass is 19.1. The molecule has 0 bridgehead atoms. The lowest BCUT2D eigenvalue weighted by Crippen LogP contribution is -2.51. The fourth-order valence-corrected chi connectivity index (χ4v) is 4.35. The first-order valence-corrected chi connectivity index (χ1v) is 12.4. The topological polar surface area (TPSA) is 118 Å². The number of esters is 1. The van der Waals surface area contributed by atoms with Crippen molar-refractivity contribution in [1.29, 1.82) is 5.41 Å². The Morgan fingerprint density at radius 2 is 1.82 bits per heavy atom. The Morgan fingerprint density at radius 3 is 2.46 bits per heavy atom. The summed E-state index contributed by atoms with van der Waals surface area (Å²) in [7, 11) is 1.93. The van der Waals surface area contributed by atoms with E-state index in [2.05, 4.69) is 0 Å². The van der Waals surface area contributed by atoms with Gasteiger partial charge in [-0.1, -0.05) is 12.1 Å². The smallest absolute Gasteiger partial charge is 0.397 e. The van der Waals surface area contributed by atoms with Gasteiger partial charge < -0.3 is 24.8 Å². The van der Waals surface area contributed by atoms with Crippen LogP contribution >= 0.6 is 0 Å². The summed E-state index contributed by atoms with van der Waals surface area (Å²) in [5.74, 6) is -1.12. The summed E-state index contributed by atoms with van der Waals surface area (Å²) >= 11 is 0. The lowest BCUT2D eigenvalue weighted by atomic mass is 10.0. The van der Waals surface area contributed by atoms with Crippen LogP contribution in [0, 0.1) is 11.2 Å². The zero-order chi connectivity index (χ0) is 28.2. The second kappa shape index (κ2) is 11.4. The number of nitrogen functional groups attached to an aromatic ring is 1. The van der Waals surface area contributed by atoms with Crippen LogP contribution in [0.25, 0.3) is 0 Å². The molecule has 1 aliphatic heterocycles. The Bertz CT molecular complexity index is 1360. The van der Waals surface area contributed by atoms with Gasteiger partial charge in [0.15, 0.2) is 5.60 Å². The number of nitrogens with zero attached hydrogens (tertiary/aromatic N) is 2. The summed E-state index contributed by atoms with van der Waals surface area (Å²) in [4.78, 5) is 28.8. The number of nitrogens with two attached hydrogens (primary N) is 1. The van der Waals surface area contributed by atoms with Gasteiger partial charge in [-0.3, -0.25) is 15.1 Å². The number of hydrogen-bond acceptors (Lipinski definition) is 7. The van der Waals surface area contributed by atoms with Crippen molar-refractivity contribution in [1.82, 2.24) is 0 Å². The molecule has 1 heterocycles. The summed E-state index contributed by atoms with van der Waals surface area (Å²) < 4.78 is 30.8. The molecule has 1 atom stereocenters. The van der Waals surface area contributed by atoms with Crippen LogP contribution in [0.15, 0.2) is 66.7 Å². The van der Waals surface area contributed by atoms with E-state index in [1.807, 2.05) is 24.9 Å². The quantitative estimate of drug-likeness (QED) is 0.195. The predicted octanol–water partition coefficient (Wildman–Crippen LogP) is 3.87. The van der Waals surface area contributed by atoms with Crippen molar-refractivity contribution in [2.75, 3.05) is 36.6 Å². The van der Waals surface area contributed by atoms with Crippen LogP contribution in [-0.2, 0) is 20.9 Å². The minimum Gasteiger partial charge on any atom is -0.489 e. The van der Waals surface area contributed by atoms with Crippen molar-refractivity contribution in [3.8, 4) is 11.5 Å². The number of benzene rings is 3. The van der Waals surface area contributed by atoms with Crippen molar-refractivity contribution in [3.63, 3.8) is 0 Å². The number of rotatable bonds is 8. The molecular formula is C29H31FN4O5. The molecule has 0 fully saturated rings. The summed E-state index contributed by atoms with van der Waals surface area (Å²) in [6.45, 7) is 4.39. The maximum absolute atomic E-state index is 13.5. The van der Waals surface area contributed by atoms with Gasteiger partial charge in [-0.05, 0) is 67.9 Å². The molecule has 1 aliphatic rings. The highest BCUT2D eigenvalue weighted by molar-refractivity contribution is 6.38. The van der Waals surface area contributed by atoms with E-state index in [1.54, 1.807) is 55.5 Å². The molecular weight excluding hydrogens is 503 g/mol. The largest absolute Gasteiger partial charge is 0.489 e. The van der Waals surface area contributed by atoms with Gasteiger partial charge in [0.25, 0.3) is 0 Å². The molecule has 3 aromatic carbocycles. The number of fused-ring (bicyclic) bond motifs is 1. The number of likely N-dealkylation sites (N-methyl/N-ethyl adjacent to an activating group) is 1. The molecule has 0 spiro atoms. The standard InChI is InChI=1S/C29H31FN4O5/c1-4-37-28(36)27(35)34(16-19-5-9-21(30)10-6-19)22-11-14-24-25(15-22)39-29(2,17-33(24)3)18-38-23-12-7-20(8-13-23)26(31)32/h5-15H,4,16-18H2,1-3H3,(H3,31,32). The second-order valence-electron chi connectivity index (χ2n) is 9.53. The average molecular weight is 535 g/mol. The molecule has 39 heavy (non-hydrogen) atoms. The maximum atomic E-state index is 13.5. The van der Waals surface area contributed by atoms with Crippen molar-refractivity contribution in [2.24, 2.45) is 5.73 Å². The maximum Gasteiger partial charge on any atom is 0.397 e. The molecule has 3 aromatic rings. The third-order valence-corrected chi connectivity index (χ3v) is 6.25. The first kappa shape index (κ1) is 27.4. The van der Waals surface area contributed by atoms with Gasteiger partial charge in [0.1, 0.15) is 29.8 Å². The molecule has 0 saturated carbocycles. The SMILES string of the molecule is CCOC(=O)C(=O)N(Cc1ccc(F)cc1)c1ccc2c(c1)OC(C)(COc1ccc(C(=N)N)cc1)CN2C. The van der Waals surface area contributed by atoms with Gasteiger partial charge in [0, 0.05) is 24.4 Å². The molecule has 0 radical (unpaired) electrons. The van der Waals surface area contributed by atoms with Crippen LogP contribution < -0.4 is 25.0 Å². The lowest BCUT2D eigenvalue weighted by Gasteiger charge is -2.41. The average Bonchev–Trinajstić information content (AvgIpc) is 2.91. The monoisotopic (exact) mass is 534 g/mol. The Kier molecular flexibility index (Phi) is 8.04. The van der Waals surface area contributed by atoms with E-state index in [0.29, 0.717) is 34.9 Å². The minimum atomic E-state index is -0.982. The van der Waals surface area contributed by atoms with E-state index in [-0.39, 0.29) is 25.6 Å². The van der Waals surface area contributed by atoms with Crippen molar-refractivity contribution in [3.05, 3.63) is 83.7 Å². The van der Waals surface area contributed by atoms with Gasteiger partial charge >= 0.3 is 11.9 Å². The summed E-state index contributed by atoms with van der Waals surface area (Å²) in [6.07, 6.45) is 0. The first-order chi connectivity index (χ1) is 18.6. The summed E-state index contributed by atoms with van der Waals surface area (Å²) in [6, 6.07) is 17.9. The normalized spacial score (nSPS) is 16.1. The summed E-state index contributed by atoms with van der Waals surface area (Å²) in [5, 5.41) is 7.53. The van der Waals surface area contributed by atoms with E-state index in [9.17, 15) is 14.0 Å². The highest BCUT2D eigenvalue weighted by Crippen LogP contribution is 2.39. The third-order valence-electron chi connectivity index (χ3n) is 6.25. The number of anilines is 2. The van der Waals surface area contributed by atoms with E-state index >= 15 is 0 Å². The number of ether oxygens (including phenoxy) is 3. The van der Waals surface area contributed by atoms with Crippen molar-refractivity contribution in [2.45, 2.75) is 26.0 Å². The van der Waals surface area contributed by atoms with E-state index in [0.717, 1.165) is 5.69 Å². The van der Waals surface area contributed by atoms with Gasteiger partial charge in [-0.15, -0.1) is 0 Å². The number of hydrogen-bond donors (Lipinski definition) is 2. The van der Waals surface area contributed by atoms with Gasteiger partial charge in [0.05, 0.1) is 25.4 Å². The van der Waals surface area contributed by atoms with E-state index in [4.69, 9.17) is 25.4 Å². The minimum absolute atomic E-state index is 0.0203. The fraction of sp³-hybridized carbons (Fsp3) is 0.276. The number of halogens is 1. The third kappa shape index (κ3) is 6.46. The highest BCUT2D eigenvalue weighted by Gasteiger charge is 2.36. The van der Waals surface area contributed by atoms with Crippen LogP contribution in [0.2, 0.25) is 0 Å². The molecule has 4 rings (SSSR count). The molecule has 0 saturated heterocycles. The van der Waals surface area contributed by atoms with Crippen LogP contribution in [0.1, 0.15) is 25.0 Å². The van der Waals surface area contributed by atoms with Gasteiger partial charge in [0.2, 0.25) is 0 Å². The Hall–Kier alpha value is -4.60. The molecule has 3 N–H and O–H groups in total. The molecule has 204 valence electrons. The Morgan fingerprint density at radius 1 is 1.13 bits per heavy atom. The van der Waals surface area contributed by atoms with Gasteiger partial charge in [-0.25, -0.2) is 9.18 Å². The molecule has 1 amide bonds. The van der Waals surface area contributed by atoms with Crippen LogP contribution in [-0.4, -0.2) is 50.1 Å². The fourth-order valence-electron chi connectivity index (χ4n) is 4.35. The molecule has 0 aliphatic carbocycles. The van der Waals surface area contributed by atoms with Crippen LogP contribution in [0.4, 0.5) is 15.8 Å². The van der Waals surface area contributed by atoms with Crippen molar-refractivity contribution < 1.29 is 28.2 Å². The van der Waals surface area contributed by atoms with Crippen molar-refractivity contribution >= 4 is 29.1 Å². The number of carbonyl (C=O) groups excluding carboxylic acids is 2. The number of amides is 1. The number of nitrogens with one attached hydrogen (secondary N) is 1. The lowest BCUT2D eigenvalue weighted by molar-refractivity contribution is -0.153. The van der Waals surface area contributed by atoms with Crippen LogP contribution in [0.3, 0.4) is 0 Å². The second-order valence-corrected chi connectivity index (χ2v) is 9.53. The zero-order valence-corrected chi connectivity index (χ0v) is 22.1. The predicted molar refractivity (Wildman–Crippen MR) is 146 cm³/mol.